The van der Waals surface area contributed by atoms with Crippen LogP contribution >= 0.6 is 0 Å². The summed E-state index contributed by atoms with van der Waals surface area (Å²) in [6, 6.07) is 56.9. The van der Waals surface area contributed by atoms with Crippen molar-refractivity contribution in [3.8, 4) is 0 Å². The quantitative estimate of drug-likeness (QED) is 0.178. The van der Waals surface area contributed by atoms with E-state index in [0.717, 1.165) is 24.2 Å². The second kappa shape index (κ2) is 11.8. The molecular weight excluding hydrogens is 542 g/mol. The molecule has 7 aromatic carbocycles. The van der Waals surface area contributed by atoms with Gasteiger partial charge in [-0.2, -0.15) is 0 Å². The van der Waals surface area contributed by atoms with E-state index in [-0.39, 0.29) is 0 Å². The minimum Gasteiger partial charge on any atom is -0.310 e. The van der Waals surface area contributed by atoms with Crippen molar-refractivity contribution >= 4 is 56.3 Å². The highest BCUT2D eigenvalue weighted by Gasteiger charge is 2.25. The molecule has 45 heavy (non-hydrogen) atoms. The summed E-state index contributed by atoms with van der Waals surface area (Å²) < 4.78 is 0. The standard InChI is InChI=1S/C44H33N/c1-4-17-33(18-5-1)42(37-30-16-20-32-19-10-11-25-36(32)37)31-43-40-28-13-12-26-38(40)39-27-14-15-29-41(39)44(43)45(34-21-6-2-7-22-34)35-23-8-3-9-24-35/h1-14,16-28,30-31H,15,29H2/b42-31-. The van der Waals surface area contributed by atoms with E-state index >= 15 is 0 Å². The molecule has 0 saturated heterocycles. The topological polar surface area (TPSA) is 3.24 Å². The third-order valence-corrected chi connectivity index (χ3v) is 8.92. The minimum absolute atomic E-state index is 0.984. The van der Waals surface area contributed by atoms with E-state index < -0.39 is 0 Å². The molecular formula is C44H33N. The van der Waals surface area contributed by atoms with Crippen LogP contribution in [0.1, 0.15) is 34.2 Å². The normalized spacial score (nSPS) is 12.8. The van der Waals surface area contributed by atoms with Gasteiger partial charge < -0.3 is 4.90 Å². The Kier molecular flexibility index (Phi) is 7.05. The van der Waals surface area contributed by atoms with Gasteiger partial charge >= 0.3 is 0 Å². The summed E-state index contributed by atoms with van der Waals surface area (Å²) in [5.74, 6) is 0. The van der Waals surface area contributed by atoms with Crippen LogP contribution in [0.5, 0.6) is 0 Å². The molecule has 1 aliphatic rings. The van der Waals surface area contributed by atoms with Gasteiger partial charge in [0.1, 0.15) is 0 Å². The van der Waals surface area contributed by atoms with Gasteiger partial charge in [0.15, 0.2) is 0 Å². The summed E-state index contributed by atoms with van der Waals surface area (Å²) in [6.45, 7) is 0. The molecule has 0 amide bonds. The van der Waals surface area contributed by atoms with Crippen LogP contribution < -0.4 is 4.90 Å². The maximum atomic E-state index is 2.47. The van der Waals surface area contributed by atoms with Crippen molar-refractivity contribution in [2.75, 3.05) is 4.90 Å². The van der Waals surface area contributed by atoms with Gasteiger partial charge in [0.25, 0.3) is 0 Å². The molecule has 0 spiro atoms. The average Bonchev–Trinajstić information content (AvgIpc) is 3.12. The van der Waals surface area contributed by atoms with E-state index in [1.54, 1.807) is 0 Å². The Balaban J connectivity index is 1.53. The highest BCUT2D eigenvalue weighted by molar-refractivity contribution is 6.11. The number of fused-ring (bicyclic) bond motifs is 4. The number of hydrogen-bond acceptors (Lipinski definition) is 1. The van der Waals surface area contributed by atoms with Crippen LogP contribution in [0.4, 0.5) is 17.1 Å². The third-order valence-electron chi connectivity index (χ3n) is 8.92. The zero-order valence-corrected chi connectivity index (χ0v) is 25.1. The first-order valence-corrected chi connectivity index (χ1v) is 15.8. The van der Waals surface area contributed by atoms with Gasteiger partial charge in [0, 0.05) is 16.9 Å². The maximum absolute atomic E-state index is 2.47. The van der Waals surface area contributed by atoms with Crippen LogP contribution in [0.25, 0.3) is 39.3 Å². The van der Waals surface area contributed by atoms with Crippen molar-refractivity contribution in [2.45, 2.75) is 12.8 Å². The molecule has 0 heterocycles. The molecule has 0 atom stereocenters. The van der Waals surface area contributed by atoms with Gasteiger partial charge in [-0.05, 0) is 92.6 Å². The van der Waals surface area contributed by atoms with Crippen molar-refractivity contribution in [3.05, 3.63) is 192 Å². The van der Waals surface area contributed by atoms with Crippen molar-refractivity contribution in [1.29, 1.82) is 0 Å². The average molecular weight is 576 g/mol. The van der Waals surface area contributed by atoms with Crippen LogP contribution in [0, 0.1) is 0 Å². The molecule has 8 rings (SSSR count). The SMILES string of the molecule is C1=Cc2c(c(N(c3ccccc3)c3ccccc3)c(/C=C(/c3ccccc3)c3cccc4ccccc34)c3ccccc23)CC1. The summed E-state index contributed by atoms with van der Waals surface area (Å²) in [5, 5.41) is 5.05. The lowest BCUT2D eigenvalue weighted by Gasteiger charge is -2.32. The zero-order valence-electron chi connectivity index (χ0n) is 25.1. The number of hydrogen-bond donors (Lipinski definition) is 0. The van der Waals surface area contributed by atoms with Gasteiger partial charge in [0.2, 0.25) is 0 Å². The Hall–Kier alpha value is -5.66. The van der Waals surface area contributed by atoms with Crippen LogP contribution in [0.2, 0.25) is 0 Å². The lowest BCUT2D eigenvalue weighted by atomic mass is 9.84. The first-order chi connectivity index (χ1) is 22.4. The van der Waals surface area contributed by atoms with E-state index in [1.165, 1.54) is 60.6 Å². The minimum atomic E-state index is 0.984. The molecule has 0 fully saturated rings. The predicted octanol–water partition coefficient (Wildman–Crippen LogP) is 12.0. The molecule has 0 saturated carbocycles. The number of anilines is 3. The predicted molar refractivity (Wildman–Crippen MR) is 193 cm³/mol. The Bertz CT molecular complexity index is 2150. The van der Waals surface area contributed by atoms with Gasteiger partial charge in [-0.1, -0.05) is 146 Å². The Labute approximate surface area is 265 Å². The van der Waals surface area contributed by atoms with Crippen molar-refractivity contribution < 1.29 is 0 Å². The smallest absolute Gasteiger partial charge is 0.0578 e. The van der Waals surface area contributed by atoms with Crippen molar-refractivity contribution in [3.63, 3.8) is 0 Å². The Morgan fingerprint density at radius 3 is 1.82 bits per heavy atom. The summed E-state index contributed by atoms with van der Waals surface area (Å²) in [7, 11) is 0. The van der Waals surface area contributed by atoms with Crippen LogP contribution in [0.15, 0.2) is 164 Å². The fourth-order valence-corrected chi connectivity index (χ4v) is 6.91. The molecule has 7 aromatic rings. The lowest BCUT2D eigenvalue weighted by Crippen LogP contribution is -2.16. The number of para-hydroxylation sites is 2. The molecule has 1 aliphatic carbocycles. The van der Waals surface area contributed by atoms with Crippen molar-refractivity contribution in [2.24, 2.45) is 0 Å². The van der Waals surface area contributed by atoms with E-state index in [4.69, 9.17) is 0 Å². The molecule has 1 heteroatoms. The number of allylic oxidation sites excluding steroid dienone is 1. The first kappa shape index (κ1) is 26.9. The molecule has 0 aromatic heterocycles. The molecule has 1 nitrogen and oxygen atoms in total. The molecule has 0 aliphatic heterocycles. The van der Waals surface area contributed by atoms with Crippen molar-refractivity contribution in [1.82, 2.24) is 0 Å². The Morgan fingerprint density at radius 1 is 0.533 bits per heavy atom. The molecule has 0 N–H and O–H groups in total. The fourth-order valence-electron chi connectivity index (χ4n) is 6.91. The van der Waals surface area contributed by atoms with Gasteiger partial charge in [0.05, 0.1) is 5.69 Å². The second-order valence-corrected chi connectivity index (χ2v) is 11.6. The molecule has 0 radical (unpaired) electrons. The fraction of sp³-hybridized carbons (Fsp3) is 0.0455. The largest absolute Gasteiger partial charge is 0.310 e. The van der Waals surface area contributed by atoms with E-state index in [0.29, 0.717) is 0 Å². The summed E-state index contributed by atoms with van der Waals surface area (Å²) in [5.41, 5.74) is 11.1. The van der Waals surface area contributed by atoms with Crippen LogP contribution in [0.3, 0.4) is 0 Å². The van der Waals surface area contributed by atoms with Gasteiger partial charge in [-0.25, -0.2) is 0 Å². The highest BCUT2D eigenvalue weighted by atomic mass is 15.1. The highest BCUT2D eigenvalue weighted by Crippen LogP contribution is 2.47. The first-order valence-electron chi connectivity index (χ1n) is 15.8. The molecule has 214 valence electrons. The van der Waals surface area contributed by atoms with E-state index in [1.807, 2.05) is 0 Å². The van der Waals surface area contributed by atoms with Crippen LogP contribution in [-0.4, -0.2) is 0 Å². The summed E-state index contributed by atoms with van der Waals surface area (Å²) in [4.78, 5) is 2.47. The molecule has 0 unspecified atom stereocenters. The maximum Gasteiger partial charge on any atom is 0.0578 e. The molecule has 0 bridgehead atoms. The van der Waals surface area contributed by atoms with Gasteiger partial charge in [-0.15, -0.1) is 0 Å². The summed E-state index contributed by atoms with van der Waals surface area (Å²) in [6.07, 6.45) is 9.14. The lowest BCUT2D eigenvalue weighted by molar-refractivity contribution is 0.982. The van der Waals surface area contributed by atoms with E-state index in [2.05, 4.69) is 181 Å². The second-order valence-electron chi connectivity index (χ2n) is 11.6. The number of nitrogens with zero attached hydrogens (tertiary/aromatic N) is 1. The van der Waals surface area contributed by atoms with E-state index in [9.17, 15) is 0 Å². The monoisotopic (exact) mass is 575 g/mol. The van der Waals surface area contributed by atoms with Crippen LogP contribution in [-0.2, 0) is 6.42 Å². The van der Waals surface area contributed by atoms with Gasteiger partial charge in [-0.3, -0.25) is 0 Å². The number of benzene rings is 7. The number of rotatable bonds is 6. The third kappa shape index (κ3) is 4.93. The Morgan fingerprint density at radius 2 is 1.11 bits per heavy atom. The summed E-state index contributed by atoms with van der Waals surface area (Å²) >= 11 is 0. The zero-order chi connectivity index (χ0) is 30.0.